The fourth-order valence-electron chi connectivity index (χ4n) is 1.24. The van der Waals surface area contributed by atoms with Gasteiger partial charge in [-0.25, -0.2) is 4.98 Å². The number of aromatic nitrogens is 1. The highest BCUT2D eigenvalue weighted by Gasteiger charge is 2.04. The van der Waals surface area contributed by atoms with Gasteiger partial charge in [0.05, 0.1) is 5.75 Å². The molecule has 2 rings (SSSR count). The number of nitrogens with two attached hydrogens (primary N) is 1. The number of benzene rings is 1. The predicted molar refractivity (Wildman–Crippen MR) is 75.0 cm³/mol. The molecule has 0 saturated carbocycles. The molecule has 2 nitrogen and oxygen atoms in total. The standard InChI is InChI=1S/C11H11BrN2S2/c1-7-5-16-11(14-7)6-15-10-3-2-8(13)4-9(10)12/h2-5H,6,13H2,1H3. The van der Waals surface area contributed by atoms with Crippen molar-refractivity contribution in [3.8, 4) is 0 Å². The molecule has 1 aromatic heterocycles. The molecule has 0 saturated heterocycles. The topological polar surface area (TPSA) is 38.9 Å². The lowest BCUT2D eigenvalue weighted by Crippen LogP contribution is -1.85. The maximum atomic E-state index is 5.69. The van der Waals surface area contributed by atoms with Gasteiger partial charge in [-0.1, -0.05) is 0 Å². The minimum atomic E-state index is 0.779. The summed E-state index contributed by atoms with van der Waals surface area (Å²) < 4.78 is 1.05. The number of aryl methyl sites for hydroxylation is 1. The van der Waals surface area contributed by atoms with E-state index in [1.165, 1.54) is 4.90 Å². The van der Waals surface area contributed by atoms with Crippen molar-refractivity contribution in [3.05, 3.63) is 38.8 Å². The van der Waals surface area contributed by atoms with E-state index in [1.54, 1.807) is 23.1 Å². The Morgan fingerprint density at radius 3 is 2.94 bits per heavy atom. The van der Waals surface area contributed by atoms with Crippen molar-refractivity contribution >= 4 is 44.7 Å². The maximum absolute atomic E-state index is 5.69. The summed E-state index contributed by atoms with van der Waals surface area (Å²) >= 11 is 6.98. The van der Waals surface area contributed by atoms with Gasteiger partial charge in [0.25, 0.3) is 0 Å². The number of halogens is 1. The molecule has 0 unspecified atom stereocenters. The molecule has 0 aliphatic heterocycles. The smallest absolute Gasteiger partial charge is 0.103 e. The van der Waals surface area contributed by atoms with Crippen LogP contribution in [-0.2, 0) is 5.75 Å². The van der Waals surface area contributed by atoms with Crippen molar-refractivity contribution < 1.29 is 0 Å². The summed E-state index contributed by atoms with van der Waals surface area (Å²) in [7, 11) is 0. The summed E-state index contributed by atoms with van der Waals surface area (Å²) in [6.45, 7) is 2.02. The van der Waals surface area contributed by atoms with Crippen LogP contribution in [0, 0.1) is 6.92 Å². The quantitative estimate of drug-likeness (QED) is 0.685. The molecular weight excluding hydrogens is 304 g/mol. The van der Waals surface area contributed by atoms with E-state index in [4.69, 9.17) is 5.73 Å². The third-order valence-corrected chi connectivity index (χ3v) is 5.13. The summed E-state index contributed by atoms with van der Waals surface area (Å²) in [6.07, 6.45) is 0. The van der Waals surface area contributed by atoms with Gasteiger partial charge in [-0.15, -0.1) is 23.1 Å². The molecule has 0 bridgehead atoms. The first-order valence-electron chi connectivity index (χ1n) is 4.74. The second-order valence-corrected chi connectivity index (χ2v) is 6.18. The number of thioether (sulfide) groups is 1. The van der Waals surface area contributed by atoms with Crippen molar-refractivity contribution in [2.45, 2.75) is 17.6 Å². The third kappa shape index (κ3) is 2.99. The summed E-state index contributed by atoms with van der Waals surface area (Å²) in [4.78, 5) is 5.63. The van der Waals surface area contributed by atoms with E-state index in [9.17, 15) is 0 Å². The Morgan fingerprint density at radius 2 is 2.31 bits per heavy atom. The minimum absolute atomic E-state index is 0.779. The summed E-state index contributed by atoms with van der Waals surface area (Å²) in [5, 5.41) is 3.24. The van der Waals surface area contributed by atoms with E-state index in [-0.39, 0.29) is 0 Å². The molecule has 0 atom stereocenters. The van der Waals surface area contributed by atoms with Crippen molar-refractivity contribution in [1.82, 2.24) is 4.98 Å². The van der Waals surface area contributed by atoms with Gasteiger partial charge in [0.1, 0.15) is 5.01 Å². The average molecular weight is 315 g/mol. The molecule has 0 aliphatic rings. The Labute approximate surface area is 111 Å². The first kappa shape index (κ1) is 12.0. The van der Waals surface area contributed by atoms with Crippen LogP contribution in [0.3, 0.4) is 0 Å². The van der Waals surface area contributed by atoms with Crippen LogP contribution in [0.4, 0.5) is 5.69 Å². The zero-order valence-electron chi connectivity index (χ0n) is 8.74. The van der Waals surface area contributed by atoms with Gasteiger partial charge in [0, 0.05) is 26.1 Å². The summed E-state index contributed by atoms with van der Waals surface area (Å²) in [5.41, 5.74) is 7.56. The van der Waals surface area contributed by atoms with Crippen LogP contribution >= 0.6 is 39.0 Å². The van der Waals surface area contributed by atoms with E-state index in [2.05, 4.69) is 26.3 Å². The summed E-state index contributed by atoms with van der Waals surface area (Å²) in [5.74, 6) is 0.904. The molecule has 0 spiro atoms. The Hall–Kier alpha value is -0.520. The molecule has 2 aromatic rings. The zero-order valence-corrected chi connectivity index (χ0v) is 12.0. The van der Waals surface area contributed by atoms with Crippen LogP contribution in [0.25, 0.3) is 0 Å². The van der Waals surface area contributed by atoms with E-state index in [0.717, 1.165) is 26.6 Å². The van der Waals surface area contributed by atoms with Crippen LogP contribution in [0.2, 0.25) is 0 Å². The molecule has 1 heterocycles. The Bertz CT molecular complexity index is 496. The van der Waals surface area contributed by atoms with Crippen LogP contribution in [0.15, 0.2) is 32.9 Å². The van der Waals surface area contributed by atoms with Gasteiger partial charge < -0.3 is 5.73 Å². The lowest BCUT2D eigenvalue weighted by molar-refractivity contribution is 1.18. The number of anilines is 1. The fourth-order valence-corrected chi connectivity index (χ4v) is 3.69. The molecule has 2 N–H and O–H groups in total. The number of thiazole rings is 1. The highest BCUT2D eigenvalue weighted by Crippen LogP contribution is 2.31. The van der Waals surface area contributed by atoms with Crippen LogP contribution in [0.1, 0.15) is 10.7 Å². The zero-order chi connectivity index (χ0) is 11.5. The monoisotopic (exact) mass is 314 g/mol. The van der Waals surface area contributed by atoms with Gasteiger partial charge in [-0.3, -0.25) is 0 Å². The maximum Gasteiger partial charge on any atom is 0.103 e. The molecule has 16 heavy (non-hydrogen) atoms. The van der Waals surface area contributed by atoms with Gasteiger partial charge in [-0.05, 0) is 41.1 Å². The van der Waals surface area contributed by atoms with E-state index >= 15 is 0 Å². The average Bonchev–Trinajstić information content (AvgIpc) is 2.63. The lowest BCUT2D eigenvalue weighted by Gasteiger charge is -2.03. The number of hydrogen-bond donors (Lipinski definition) is 1. The number of rotatable bonds is 3. The molecule has 84 valence electrons. The predicted octanol–water partition coefficient (Wildman–Crippen LogP) is 4.09. The molecule has 0 fully saturated rings. The van der Waals surface area contributed by atoms with Gasteiger partial charge in [-0.2, -0.15) is 0 Å². The van der Waals surface area contributed by atoms with Gasteiger partial charge >= 0.3 is 0 Å². The van der Waals surface area contributed by atoms with Gasteiger partial charge in [0.2, 0.25) is 0 Å². The fraction of sp³-hybridized carbons (Fsp3) is 0.182. The second kappa shape index (κ2) is 5.21. The molecule has 0 amide bonds. The summed E-state index contributed by atoms with van der Waals surface area (Å²) in [6, 6.07) is 5.88. The van der Waals surface area contributed by atoms with E-state index in [1.807, 2.05) is 25.1 Å². The molecule has 0 radical (unpaired) electrons. The van der Waals surface area contributed by atoms with Crippen LogP contribution < -0.4 is 5.73 Å². The Kier molecular flexibility index (Phi) is 3.89. The van der Waals surface area contributed by atoms with Gasteiger partial charge in [0.15, 0.2) is 0 Å². The largest absolute Gasteiger partial charge is 0.399 e. The van der Waals surface area contributed by atoms with E-state index in [0.29, 0.717) is 0 Å². The molecule has 1 aromatic carbocycles. The first-order chi connectivity index (χ1) is 7.65. The third-order valence-electron chi connectivity index (χ3n) is 1.97. The van der Waals surface area contributed by atoms with Crippen molar-refractivity contribution in [2.24, 2.45) is 0 Å². The molecule has 0 aliphatic carbocycles. The second-order valence-electron chi connectivity index (χ2n) is 3.36. The first-order valence-corrected chi connectivity index (χ1v) is 7.40. The SMILES string of the molecule is Cc1csc(CSc2ccc(N)cc2Br)n1. The molecular formula is C11H11BrN2S2. The highest BCUT2D eigenvalue weighted by molar-refractivity contribution is 9.10. The Balaban J connectivity index is 2.04. The van der Waals surface area contributed by atoms with Crippen molar-refractivity contribution in [1.29, 1.82) is 0 Å². The Morgan fingerprint density at radius 1 is 1.50 bits per heavy atom. The van der Waals surface area contributed by atoms with Crippen molar-refractivity contribution in [2.75, 3.05) is 5.73 Å². The van der Waals surface area contributed by atoms with E-state index < -0.39 is 0 Å². The normalized spacial score (nSPS) is 10.6. The number of hydrogen-bond acceptors (Lipinski definition) is 4. The molecule has 5 heteroatoms. The highest BCUT2D eigenvalue weighted by atomic mass is 79.9. The van der Waals surface area contributed by atoms with Crippen LogP contribution in [0.5, 0.6) is 0 Å². The number of nitrogen functional groups attached to an aromatic ring is 1. The van der Waals surface area contributed by atoms with Crippen LogP contribution in [-0.4, -0.2) is 4.98 Å². The lowest BCUT2D eigenvalue weighted by atomic mass is 10.3. The van der Waals surface area contributed by atoms with Crippen molar-refractivity contribution in [3.63, 3.8) is 0 Å². The number of nitrogens with zero attached hydrogens (tertiary/aromatic N) is 1. The minimum Gasteiger partial charge on any atom is -0.399 e.